The molecule has 0 radical (unpaired) electrons. The molecule has 0 aromatic heterocycles. The number of hydrogen-bond donors (Lipinski definition) is 0. The Balaban J connectivity index is 2.20. The van der Waals surface area contributed by atoms with Gasteiger partial charge in [0.2, 0.25) is 0 Å². The fourth-order valence-corrected chi connectivity index (χ4v) is 2.01. The molecular formula is C18H20O3. The summed E-state index contributed by atoms with van der Waals surface area (Å²) in [6.45, 7) is 2.50. The number of methoxy groups -OCH3 is 2. The first-order valence-corrected chi connectivity index (χ1v) is 6.79. The molecule has 2 aromatic rings. The fraction of sp³-hybridized carbons (Fsp3) is 0.222. The largest absolute Gasteiger partial charge is 0.504 e. The van der Waals surface area contributed by atoms with Crippen molar-refractivity contribution in [2.24, 2.45) is 0 Å². The predicted octanol–water partition coefficient (Wildman–Crippen LogP) is 4.28. The highest BCUT2D eigenvalue weighted by Gasteiger charge is 2.07. The molecule has 0 heterocycles. The summed E-state index contributed by atoms with van der Waals surface area (Å²) in [5.41, 5.74) is 3.19. The Labute approximate surface area is 125 Å². The second-order valence-electron chi connectivity index (χ2n) is 4.68. The Morgan fingerprint density at radius 3 is 2.43 bits per heavy atom. The van der Waals surface area contributed by atoms with Crippen molar-refractivity contribution in [1.82, 2.24) is 0 Å². The molecule has 0 bridgehead atoms. The first-order valence-electron chi connectivity index (χ1n) is 6.79. The van der Waals surface area contributed by atoms with E-state index >= 15 is 0 Å². The molecule has 0 aliphatic rings. The molecule has 3 heteroatoms. The summed E-state index contributed by atoms with van der Waals surface area (Å²) in [5, 5.41) is 0. The van der Waals surface area contributed by atoms with Crippen molar-refractivity contribution in [3.63, 3.8) is 0 Å². The molecule has 0 saturated heterocycles. The van der Waals surface area contributed by atoms with Crippen LogP contribution in [0, 0.1) is 0 Å². The number of rotatable bonds is 6. The van der Waals surface area contributed by atoms with Gasteiger partial charge in [-0.15, -0.1) is 0 Å². The predicted molar refractivity (Wildman–Crippen MR) is 84.4 cm³/mol. The summed E-state index contributed by atoms with van der Waals surface area (Å²) in [4.78, 5) is 0. The molecule has 21 heavy (non-hydrogen) atoms. The van der Waals surface area contributed by atoms with Crippen LogP contribution in [0.3, 0.4) is 0 Å². The van der Waals surface area contributed by atoms with E-state index in [4.69, 9.17) is 14.2 Å². The van der Waals surface area contributed by atoms with Gasteiger partial charge in [-0.3, -0.25) is 0 Å². The van der Waals surface area contributed by atoms with Crippen molar-refractivity contribution < 1.29 is 14.2 Å². The minimum atomic E-state index is 0.508. The highest BCUT2D eigenvalue weighted by molar-refractivity contribution is 5.65. The second kappa shape index (κ2) is 7.39. The van der Waals surface area contributed by atoms with Crippen molar-refractivity contribution in [1.29, 1.82) is 0 Å². The van der Waals surface area contributed by atoms with Gasteiger partial charge in [-0.2, -0.15) is 0 Å². The van der Waals surface area contributed by atoms with E-state index in [9.17, 15) is 0 Å². The average molecular weight is 284 g/mol. The zero-order chi connectivity index (χ0) is 15.1. The molecule has 3 nitrogen and oxygen atoms in total. The van der Waals surface area contributed by atoms with Gasteiger partial charge in [0.05, 0.1) is 20.5 Å². The summed E-state index contributed by atoms with van der Waals surface area (Å²) in [7, 11) is 3.28. The van der Waals surface area contributed by atoms with Crippen LogP contribution in [0.15, 0.2) is 54.8 Å². The molecule has 0 unspecified atom stereocenters. The Morgan fingerprint density at radius 2 is 1.76 bits per heavy atom. The third-order valence-electron chi connectivity index (χ3n) is 3.15. The SMILES string of the molecule is COC=C(C)c1ccc(OC)c(OCc2ccccc2)c1. The lowest BCUT2D eigenvalue weighted by Crippen LogP contribution is -1.98. The van der Waals surface area contributed by atoms with Gasteiger partial charge in [-0.05, 0) is 35.8 Å². The Bertz CT molecular complexity index is 603. The summed E-state index contributed by atoms with van der Waals surface area (Å²) in [6.07, 6.45) is 1.71. The van der Waals surface area contributed by atoms with Crippen LogP contribution in [0.2, 0.25) is 0 Å². The van der Waals surface area contributed by atoms with Crippen LogP contribution < -0.4 is 9.47 Å². The minimum Gasteiger partial charge on any atom is -0.504 e. The first kappa shape index (κ1) is 15.0. The third-order valence-corrected chi connectivity index (χ3v) is 3.15. The van der Waals surface area contributed by atoms with E-state index in [2.05, 4.69) is 0 Å². The molecule has 0 spiro atoms. The first-order chi connectivity index (χ1) is 10.2. The number of ether oxygens (including phenoxy) is 3. The lowest BCUT2D eigenvalue weighted by atomic mass is 10.1. The van der Waals surface area contributed by atoms with Crippen LogP contribution in [0.1, 0.15) is 18.1 Å². The maximum absolute atomic E-state index is 5.89. The van der Waals surface area contributed by atoms with Crippen LogP contribution in [-0.4, -0.2) is 14.2 Å². The van der Waals surface area contributed by atoms with Crippen molar-refractivity contribution in [2.45, 2.75) is 13.5 Å². The molecule has 0 atom stereocenters. The third kappa shape index (κ3) is 4.02. The van der Waals surface area contributed by atoms with Gasteiger partial charge in [-0.25, -0.2) is 0 Å². The average Bonchev–Trinajstić information content (AvgIpc) is 2.54. The van der Waals surface area contributed by atoms with Gasteiger partial charge in [0, 0.05) is 0 Å². The monoisotopic (exact) mass is 284 g/mol. The topological polar surface area (TPSA) is 27.7 Å². The van der Waals surface area contributed by atoms with Crippen molar-refractivity contribution >= 4 is 5.57 Å². The second-order valence-corrected chi connectivity index (χ2v) is 4.68. The fourth-order valence-electron chi connectivity index (χ4n) is 2.01. The molecule has 0 saturated carbocycles. The summed E-state index contributed by atoms with van der Waals surface area (Å²) < 4.78 is 16.3. The van der Waals surface area contributed by atoms with E-state index in [-0.39, 0.29) is 0 Å². The molecule has 2 aromatic carbocycles. The highest BCUT2D eigenvalue weighted by atomic mass is 16.5. The molecule has 0 N–H and O–H groups in total. The van der Waals surface area contributed by atoms with E-state index in [0.717, 1.165) is 28.2 Å². The number of hydrogen-bond acceptors (Lipinski definition) is 3. The van der Waals surface area contributed by atoms with Crippen LogP contribution in [0.5, 0.6) is 11.5 Å². The van der Waals surface area contributed by atoms with Gasteiger partial charge < -0.3 is 14.2 Å². The lowest BCUT2D eigenvalue weighted by Gasteiger charge is -2.12. The molecule has 2 rings (SSSR count). The van der Waals surface area contributed by atoms with E-state index in [0.29, 0.717) is 6.61 Å². The summed E-state index contributed by atoms with van der Waals surface area (Å²) >= 11 is 0. The maximum Gasteiger partial charge on any atom is 0.162 e. The summed E-state index contributed by atoms with van der Waals surface area (Å²) in [5.74, 6) is 1.45. The zero-order valence-electron chi connectivity index (χ0n) is 12.6. The van der Waals surface area contributed by atoms with Gasteiger partial charge in [0.25, 0.3) is 0 Å². The van der Waals surface area contributed by atoms with Crippen LogP contribution >= 0.6 is 0 Å². The van der Waals surface area contributed by atoms with E-state index in [1.54, 1.807) is 20.5 Å². The summed E-state index contributed by atoms with van der Waals surface area (Å²) in [6, 6.07) is 15.9. The van der Waals surface area contributed by atoms with E-state index in [1.807, 2.05) is 55.5 Å². The van der Waals surface area contributed by atoms with Gasteiger partial charge in [0.1, 0.15) is 6.61 Å². The van der Waals surface area contributed by atoms with Gasteiger partial charge >= 0.3 is 0 Å². The Morgan fingerprint density at radius 1 is 1.00 bits per heavy atom. The number of benzene rings is 2. The minimum absolute atomic E-state index is 0.508. The van der Waals surface area contributed by atoms with Gasteiger partial charge in [0.15, 0.2) is 11.5 Å². The molecule has 0 fully saturated rings. The molecule has 0 aliphatic carbocycles. The zero-order valence-corrected chi connectivity index (χ0v) is 12.6. The molecular weight excluding hydrogens is 264 g/mol. The van der Waals surface area contributed by atoms with Gasteiger partial charge in [-0.1, -0.05) is 36.4 Å². The normalized spacial score (nSPS) is 11.1. The Kier molecular flexibility index (Phi) is 5.27. The van der Waals surface area contributed by atoms with E-state index in [1.165, 1.54) is 0 Å². The van der Waals surface area contributed by atoms with Crippen LogP contribution in [0.4, 0.5) is 0 Å². The molecule has 0 aliphatic heterocycles. The van der Waals surface area contributed by atoms with Crippen LogP contribution in [0.25, 0.3) is 5.57 Å². The quantitative estimate of drug-likeness (QED) is 0.741. The Hall–Kier alpha value is -2.42. The highest BCUT2D eigenvalue weighted by Crippen LogP contribution is 2.31. The lowest BCUT2D eigenvalue weighted by molar-refractivity contribution is 0.284. The maximum atomic E-state index is 5.89. The van der Waals surface area contributed by atoms with Crippen LogP contribution in [-0.2, 0) is 11.3 Å². The smallest absolute Gasteiger partial charge is 0.162 e. The number of allylic oxidation sites excluding steroid dienone is 1. The molecule has 110 valence electrons. The van der Waals surface area contributed by atoms with Crippen molar-refractivity contribution in [3.8, 4) is 11.5 Å². The van der Waals surface area contributed by atoms with Crippen molar-refractivity contribution in [3.05, 3.63) is 65.9 Å². The molecule has 0 amide bonds. The standard InChI is InChI=1S/C18H20O3/c1-14(12-19-2)16-9-10-17(20-3)18(11-16)21-13-15-7-5-4-6-8-15/h4-12H,13H2,1-3H3. The van der Waals surface area contributed by atoms with E-state index < -0.39 is 0 Å². The van der Waals surface area contributed by atoms with Crippen molar-refractivity contribution in [2.75, 3.05) is 14.2 Å².